The fraction of sp³-hybridized carbons (Fsp3) is 0.706. The van der Waals surface area contributed by atoms with Crippen molar-refractivity contribution in [3.05, 3.63) is 0 Å². The van der Waals surface area contributed by atoms with Crippen molar-refractivity contribution in [3.8, 4) is 0 Å². The Morgan fingerprint density at radius 2 is 1.68 bits per heavy atom. The number of primary amides is 1. The number of rotatable bonds is 14. The van der Waals surface area contributed by atoms with Crippen LogP contribution in [0.15, 0.2) is 4.99 Å². The van der Waals surface area contributed by atoms with Crippen molar-refractivity contribution in [2.75, 3.05) is 6.54 Å². The van der Waals surface area contributed by atoms with Gasteiger partial charge in [-0.15, -0.1) is 0 Å². The molecule has 0 radical (unpaired) electrons. The average Bonchev–Trinajstić information content (AvgIpc) is 2.59. The maximum atomic E-state index is 12.5. The molecular weight excluding hydrogens is 366 g/mol. The zero-order chi connectivity index (χ0) is 21.7. The number of amides is 3. The van der Waals surface area contributed by atoms with Gasteiger partial charge < -0.3 is 38.4 Å². The molecule has 0 aliphatic carbocycles. The second kappa shape index (κ2) is 13.5. The van der Waals surface area contributed by atoms with Crippen molar-refractivity contribution < 1.29 is 19.2 Å². The minimum absolute atomic E-state index is 0.000876. The first-order chi connectivity index (χ1) is 13.1. The molecule has 11 nitrogen and oxygen atoms in total. The molecule has 3 atom stereocenters. The molecule has 0 aromatic heterocycles. The molecular formula is C17H33N7O4. The van der Waals surface area contributed by atoms with Crippen LogP contribution in [0.2, 0.25) is 0 Å². The zero-order valence-corrected chi connectivity index (χ0v) is 16.5. The summed E-state index contributed by atoms with van der Waals surface area (Å²) in [5.41, 5.74) is 21.4. The van der Waals surface area contributed by atoms with E-state index in [1.807, 2.05) is 13.8 Å². The number of aldehydes is 1. The number of nitrogens with zero attached hydrogens (tertiary/aromatic N) is 1. The molecule has 28 heavy (non-hydrogen) atoms. The van der Waals surface area contributed by atoms with Crippen molar-refractivity contribution in [1.82, 2.24) is 10.6 Å². The lowest BCUT2D eigenvalue weighted by molar-refractivity contribution is -0.131. The molecule has 0 spiro atoms. The van der Waals surface area contributed by atoms with Crippen LogP contribution in [0.5, 0.6) is 0 Å². The predicted octanol–water partition coefficient (Wildman–Crippen LogP) is -2.15. The minimum Gasteiger partial charge on any atom is -0.370 e. The number of guanidine groups is 1. The summed E-state index contributed by atoms with van der Waals surface area (Å²) in [5, 5.41) is 5.07. The van der Waals surface area contributed by atoms with Gasteiger partial charge in [0.05, 0.1) is 12.1 Å². The van der Waals surface area contributed by atoms with E-state index in [9.17, 15) is 19.2 Å². The molecule has 3 amide bonds. The molecule has 0 saturated carbocycles. The summed E-state index contributed by atoms with van der Waals surface area (Å²) in [6, 6.07) is -2.59. The Morgan fingerprint density at radius 3 is 2.18 bits per heavy atom. The predicted molar refractivity (Wildman–Crippen MR) is 106 cm³/mol. The fourth-order valence-electron chi connectivity index (χ4n) is 2.43. The zero-order valence-electron chi connectivity index (χ0n) is 16.5. The molecule has 0 unspecified atom stereocenters. The van der Waals surface area contributed by atoms with Crippen molar-refractivity contribution in [2.45, 2.75) is 64.1 Å². The second-order valence-electron chi connectivity index (χ2n) is 7.00. The van der Waals surface area contributed by atoms with Gasteiger partial charge in [0, 0.05) is 13.0 Å². The van der Waals surface area contributed by atoms with E-state index < -0.39 is 35.8 Å². The lowest BCUT2D eigenvalue weighted by Gasteiger charge is -2.22. The summed E-state index contributed by atoms with van der Waals surface area (Å²) in [4.78, 5) is 50.8. The van der Waals surface area contributed by atoms with E-state index in [4.69, 9.17) is 22.9 Å². The fourth-order valence-corrected chi connectivity index (χ4v) is 2.43. The number of aliphatic imine (C=N–C) groups is 1. The molecule has 0 aromatic carbocycles. The van der Waals surface area contributed by atoms with Crippen LogP contribution < -0.4 is 33.6 Å². The van der Waals surface area contributed by atoms with Crippen LogP contribution >= 0.6 is 0 Å². The third-order valence-corrected chi connectivity index (χ3v) is 3.83. The number of nitrogens with two attached hydrogens (primary N) is 4. The van der Waals surface area contributed by atoms with Crippen LogP contribution in [-0.2, 0) is 19.2 Å². The second-order valence-corrected chi connectivity index (χ2v) is 7.00. The summed E-state index contributed by atoms with van der Waals surface area (Å²) >= 11 is 0. The monoisotopic (exact) mass is 399 g/mol. The highest BCUT2D eigenvalue weighted by Gasteiger charge is 2.26. The van der Waals surface area contributed by atoms with Gasteiger partial charge in [-0.25, -0.2) is 0 Å². The van der Waals surface area contributed by atoms with E-state index in [-0.39, 0.29) is 24.7 Å². The third-order valence-electron chi connectivity index (χ3n) is 3.83. The van der Waals surface area contributed by atoms with Gasteiger partial charge in [0.1, 0.15) is 12.3 Å². The van der Waals surface area contributed by atoms with Crippen molar-refractivity contribution >= 4 is 30.0 Å². The Hall–Kier alpha value is -2.69. The third kappa shape index (κ3) is 11.8. The van der Waals surface area contributed by atoms with E-state index in [0.717, 1.165) is 0 Å². The highest BCUT2D eigenvalue weighted by molar-refractivity contribution is 5.91. The summed E-state index contributed by atoms with van der Waals surface area (Å²) in [6.07, 6.45) is 1.71. The normalized spacial score (nSPS) is 13.9. The van der Waals surface area contributed by atoms with Gasteiger partial charge >= 0.3 is 0 Å². The first-order valence-corrected chi connectivity index (χ1v) is 9.22. The molecule has 10 N–H and O–H groups in total. The number of nitrogens with one attached hydrogen (secondary N) is 2. The summed E-state index contributed by atoms with van der Waals surface area (Å²) < 4.78 is 0. The summed E-state index contributed by atoms with van der Waals surface area (Å²) in [6.45, 7) is 4.15. The Kier molecular flexibility index (Phi) is 12.2. The molecule has 0 bridgehead atoms. The highest BCUT2D eigenvalue weighted by atomic mass is 16.2. The Labute approximate surface area is 165 Å². The van der Waals surface area contributed by atoms with Crippen LogP contribution in [0, 0.1) is 5.92 Å². The first kappa shape index (κ1) is 25.3. The molecule has 0 aromatic rings. The summed E-state index contributed by atoms with van der Waals surface area (Å²) in [7, 11) is 0. The molecule has 160 valence electrons. The van der Waals surface area contributed by atoms with Crippen LogP contribution in [0.1, 0.15) is 46.0 Å². The SMILES string of the molecule is CC(C)C[C@H](N)C(=O)N[C@@H](CCC(N)=O)C(=O)N[C@H](C=O)CCCN=C(N)N. The highest BCUT2D eigenvalue weighted by Crippen LogP contribution is 2.05. The quantitative estimate of drug-likeness (QED) is 0.0824. The average molecular weight is 399 g/mol. The van der Waals surface area contributed by atoms with E-state index in [2.05, 4.69) is 15.6 Å². The van der Waals surface area contributed by atoms with Gasteiger partial charge in [-0.05, 0) is 31.6 Å². The van der Waals surface area contributed by atoms with Crippen molar-refractivity contribution in [2.24, 2.45) is 33.8 Å². The molecule has 0 saturated heterocycles. The van der Waals surface area contributed by atoms with Crippen molar-refractivity contribution in [3.63, 3.8) is 0 Å². The van der Waals surface area contributed by atoms with E-state index >= 15 is 0 Å². The smallest absolute Gasteiger partial charge is 0.243 e. The topological polar surface area (TPSA) is 209 Å². The first-order valence-electron chi connectivity index (χ1n) is 9.22. The van der Waals surface area contributed by atoms with Gasteiger partial charge in [-0.1, -0.05) is 13.8 Å². The standard InChI is InChI=1S/C17H33N7O4/c1-10(2)8-12(18)15(27)24-13(5-6-14(19)26)16(28)23-11(9-25)4-3-7-22-17(20)21/h9-13H,3-8,18H2,1-2H3,(H2,19,26)(H,23,28)(H,24,27)(H4,20,21,22)/t11-,12-,13-/m0/s1. The van der Waals surface area contributed by atoms with Crippen molar-refractivity contribution in [1.29, 1.82) is 0 Å². The van der Waals surface area contributed by atoms with Gasteiger partial charge in [0.2, 0.25) is 17.7 Å². The van der Waals surface area contributed by atoms with Crippen LogP contribution in [0.25, 0.3) is 0 Å². The molecule has 11 heteroatoms. The van der Waals surface area contributed by atoms with Crippen LogP contribution in [0.4, 0.5) is 0 Å². The largest absolute Gasteiger partial charge is 0.370 e. The maximum Gasteiger partial charge on any atom is 0.243 e. The molecule has 0 fully saturated rings. The molecule has 0 aliphatic rings. The Bertz CT molecular complexity index is 562. The van der Waals surface area contributed by atoms with E-state index in [1.54, 1.807) is 0 Å². The van der Waals surface area contributed by atoms with Gasteiger partial charge in [0.25, 0.3) is 0 Å². The molecule has 0 heterocycles. The van der Waals surface area contributed by atoms with Gasteiger partial charge in [0.15, 0.2) is 5.96 Å². The Morgan fingerprint density at radius 1 is 1.04 bits per heavy atom. The molecule has 0 aliphatic heterocycles. The van der Waals surface area contributed by atoms with Crippen LogP contribution in [-0.4, -0.2) is 54.6 Å². The number of hydrogen-bond donors (Lipinski definition) is 6. The minimum atomic E-state index is -1.03. The Balaban J connectivity index is 4.88. The number of hydrogen-bond acceptors (Lipinski definition) is 6. The molecule has 0 rings (SSSR count). The van der Waals surface area contributed by atoms with E-state index in [1.165, 1.54) is 0 Å². The van der Waals surface area contributed by atoms with Gasteiger partial charge in [-0.2, -0.15) is 0 Å². The maximum absolute atomic E-state index is 12.5. The van der Waals surface area contributed by atoms with Crippen LogP contribution in [0.3, 0.4) is 0 Å². The number of carbonyl (C=O) groups is 4. The lowest BCUT2D eigenvalue weighted by atomic mass is 10.0. The lowest BCUT2D eigenvalue weighted by Crippen LogP contribution is -2.53. The number of carbonyl (C=O) groups excluding carboxylic acids is 4. The summed E-state index contributed by atoms with van der Waals surface area (Å²) in [5.74, 6) is -1.57. The van der Waals surface area contributed by atoms with E-state index in [0.29, 0.717) is 32.1 Å². The van der Waals surface area contributed by atoms with Gasteiger partial charge in [-0.3, -0.25) is 19.4 Å².